The second-order valence-electron chi connectivity index (χ2n) is 14.4. The molecule has 1 saturated heterocycles. The third-order valence-electron chi connectivity index (χ3n) is 8.89. The molecule has 1 saturated carbocycles. The molecule has 4 rings (SSSR count). The minimum absolute atomic E-state index is 0.0141. The maximum atomic E-state index is 14.4. The highest BCUT2D eigenvalue weighted by Gasteiger charge is 2.56. The van der Waals surface area contributed by atoms with Crippen LogP contribution in [0.15, 0.2) is 29.4 Å². The van der Waals surface area contributed by atoms with Crippen molar-refractivity contribution in [3.63, 3.8) is 0 Å². The van der Waals surface area contributed by atoms with Gasteiger partial charge in [-0.05, 0) is 43.7 Å². The van der Waals surface area contributed by atoms with E-state index in [9.17, 15) is 24.0 Å². The van der Waals surface area contributed by atoms with Crippen molar-refractivity contribution in [2.75, 3.05) is 20.7 Å². The van der Waals surface area contributed by atoms with Gasteiger partial charge in [-0.2, -0.15) is 0 Å². The Morgan fingerprint density at radius 3 is 2.41 bits per heavy atom. The molecule has 46 heavy (non-hydrogen) atoms. The van der Waals surface area contributed by atoms with Crippen LogP contribution >= 0.6 is 11.6 Å². The molecule has 1 aromatic carbocycles. The predicted octanol–water partition coefficient (Wildman–Crippen LogP) is 2.75. The van der Waals surface area contributed by atoms with E-state index in [1.807, 2.05) is 26.8 Å². The standard InChI is InChI=1S/C33H46ClN5O7/c1-31(2,3)27(37-25(40)17-32(4,5)45-7)30(44)39-18-33(15-23(38-46-33)20-9-8-10-21(34)14-20)16-24(39)28(42)36-22(13-19-11-12-19)26(41)29(43)35-6/h8-10,14,19,22,24,27H,11-13,15-18H2,1-7H3,(H,35,43)(H,36,42)(H,37,40)/t22-,24-,27+,33+/m0/s1. The predicted molar refractivity (Wildman–Crippen MR) is 172 cm³/mol. The van der Waals surface area contributed by atoms with Crippen LogP contribution in [0.25, 0.3) is 0 Å². The molecule has 13 heteroatoms. The highest BCUT2D eigenvalue weighted by molar-refractivity contribution is 6.38. The molecule has 252 valence electrons. The number of oxime groups is 1. The van der Waals surface area contributed by atoms with Crippen molar-refractivity contribution in [2.45, 2.75) is 102 Å². The number of hydrogen-bond acceptors (Lipinski definition) is 8. The monoisotopic (exact) mass is 659 g/mol. The minimum Gasteiger partial charge on any atom is -0.387 e. The van der Waals surface area contributed by atoms with E-state index >= 15 is 0 Å². The minimum atomic E-state index is -1.06. The first kappa shape index (κ1) is 35.3. The number of methoxy groups -OCH3 is 1. The fourth-order valence-corrected chi connectivity index (χ4v) is 6.10. The van der Waals surface area contributed by atoms with Crippen LogP contribution in [0, 0.1) is 11.3 Å². The van der Waals surface area contributed by atoms with Gasteiger partial charge in [-0.15, -0.1) is 0 Å². The zero-order chi connectivity index (χ0) is 34.0. The van der Waals surface area contributed by atoms with Crippen LogP contribution in [0.4, 0.5) is 0 Å². The summed E-state index contributed by atoms with van der Waals surface area (Å²) in [6, 6.07) is 4.09. The first-order chi connectivity index (χ1) is 21.5. The average Bonchev–Trinajstić information content (AvgIpc) is 3.59. The molecule has 1 aliphatic carbocycles. The normalized spacial score (nSPS) is 22.5. The lowest BCUT2D eigenvalue weighted by atomic mass is 9.85. The molecule has 1 aromatic rings. The topological polar surface area (TPSA) is 156 Å². The molecule has 1 spiro atoms. The zero-order valence-corrected chi connectivity index (χ0v) is 28.5. The van der Waals surface area contributed by atoms with Crippen LogP contribution in [-0.4, -0.2) is 90.1 Å². The highest BCUT2D eigenvalue weighted by atomic mass is 35.5. The molecule has 0 unspecified atom stereocenters. The number of nitrogens with one attached hydrogen (secondary N) is 3. The molecule has 0 aromatic heterocycles. The first-order valence-electron chi connectivity index (χ1n) is 15.7. The maximum Gasteiger partial charge on any atom is 0.289 e. The molecule has 2 heterocycles. The van der Waals surface area contributed by atoms with Gasteiger partial charge in [0.2, 0.25) is 23.5 Å². The van der Waals surface area contributed by atoms with Crippen molar-refractivity contribution >= 4 is 46.7 Å². The van der Waals surface area contributed by atoms with Crippen LogP contribution in [0.2, 0.25) is 5.02 Å². The van der Waals surface area contributed by atoms with Crippen molar-refractivity contribution in [2.24, 2.45) is 16.5 Å². The first-order valence-corrected chi connectivity index (χ1v) is 16.1. The van der Waals surface area contributed by atoms with Crippen molar-refractivity contribution in [1.29, 1.82) is 0 Å². The van der Waals surface area contributed by atoms with Crippen molar-refractivity contribution in [1.82, 2.24) is 20.9 Å². The Morgan fingerprint density at radius 2 is 1.83 bits per heavy atom. The number of ether oxygens (including phenoxy) is 1. The number of hydrogen-bond donors (Lipinski definition) is 3. The van der Waals surface area contributed by atoms with E-state index in [0.29, 0.717) is 23.6 Å². The van der Waals surface area contributed by atoms with E-state index in [4.69, 9.17) is 21.2 Å². The maximum absolute atomic E-state index is 14.4. The molecule has 2 aliphatic heterocycles. The Balaban J connectivity index is 1.63. The summed E-state index contributed by atoms with van der Waals surface area (Å²) in [5.41, 5.74) is -1.13. The Morgan fingerprint density at radius 1 is 1.13 bits per heavy atom. The third-order valence-corrected chi connectivity index (χ3v) is 9.12. The quantitative estimate of drug-likeness (QED) is 0.292. The summed E-state index contributed by atoms with van der Waals surface area (Å²) in [4.78, 5) is 74.3. The van der Waals surface area contributed by atoms with Gasteiger partial charge in [0, 0.05) is 37.6 Å². The van der Waals surface area contributed by atoms with E-state index < -0.39 is 58.2 Å². The van der Waals surface area contributed by atoms with Gasteiger partial charge in [0.15, 0.2) is 5.60 Å². The number of likely N-dealkylation sites (tertiary alicyclic amines) is 1. The highest BCUT2D eigenvalue weighted by Crippen LogP contribution is 2.40. The fraction of sp³-hybridized carbons (Fsp3) is 0.636. The average molecular weight is 660 g/mol. The summed E-state index contributed by atoms with van der Waals surface area (Å²) in [6.07, 6.45) is 2.56. The molecule has 12 nitrogen and oxygen atoms in total. The van der Waals surface area contributed by atoms with Crippen LogP contribution in [-0.2, 0) is 33.5 Å². The lowest BCUT2D eigenvalue weighted by molar-refractivity contribution is -0.146. The van der Waals surface area contributed by atoms with Gasteiger partial charge < -0.3 is 30.4 Å². The molecule has 0 radical (unpaired) electrons. The van der Waals surface area contributed by atoms with Gasteiger partial charge in [0.25, 0.3) is 5.91 Å². The SMILES string of the molecule is CNC(=O)C(=O)[C@H](CC1CC1)NC(=O)[C@@H]1C[C@]2(CC(c3cccc(Cl)c3)=NO2)CN1C(=O)[C@@H](NC(=O)CC(C)(C)OC)C(C)(C)C. The Labute approximate surface area is 275 Å². The van der Waals surface area contributed by atoms with E-state index in [2.05, 4.69) is 21.1 Å². The number of amides is 4. The zero-order valence-electron chi connectivity index (χ0n) is 27.7. The molecular formula is C33H46ClN5O7. The number of carbonyl (C=O) groups is 5. The number of carbonyl (C=O) groups excluding carboxylic acids is 5. The Kier molecular flexibility index (Phi) is 10.5. The second-order valence-corrected chi connectivity index (χ2v) is 14.8. The smallest absolute Gasteiger partial charge is 0.289 e. The summed E-state index contributed by atoms with van der Waals surface area (Å²) in [7, 11) is 2.88. The van der Waals surface area contributed by atoms with Crippen molar-refractivity contribution in [3.05, 3.63) is 34.9 Å². The molecule has 3 aliphatic rings. The van der Waals surface area contributed by atoms with E-state index in [1.54, 1.807) is 32.0 Å². The molecule has 4 atom stereocenters. The lowest BCUT2D eigenvalue weighted by Gasteiger charge is -2.36. The van der Waals surface area contributed by atoms with Crippen LogP contribution in [0.3, 0.4) is 0 Å². The number of nitrogens with zero attached hydrogens (tertiary/aromatic N) is 2. The van der Waals surface area contributed by atoms with Crippen molar-refractivity contribution in [3.8, 4) is 0 Å². The largest absolute Gasteiger partial charge is 0.387 e. The molecular weight excluding hydrogens is 614 g/mol. The molecule has 2 fully saturated rings. The number of ketones is 1. The van der Waals surface area contributed by atoms with Gasteiger partial charge in [0.1, 0.15) is 12.1 Å². The van der Waals surface area contributed by atoms with Crippen LogP contribution in [0.1, 0.15) is 78.7 Å². The molecule has 4 amide bonds. The van der Waals surface area contributed by atoms with E-state index in [1.165, 1.54) is 19.1 Å². The van der Waals surface area contributed by atoms with Crippen LogP contribution in [0.5, 0.6) is 0 Å². The Bertz CT molecular complexity index is 1400. The summed E-state index contributed by atoms with van der Waals surface area (Å²) >= 11 is 6.22. The van der Waals surface area contributed by atoms with Crippen molar-refractivity contribution < 1.29 is 33.5 Å². The number of benzene rings is 1. The lowest BCUT2D eigenvalue weighted by Crippen LogP contribution is -2.59. The molecule has 3 N–H and O–H groups in total. The number of halogens is 1. The third kappa shape index (κ3) is 8.44. The number of likely N-dealkylation sites (N-methyl/N-ethyl adjacent to an activating group) is 1. The summed E-state index contributed by atoms with van der Waals surface area (Å²) in [5.74, 6) is -2.72. The molecule has 0 bridgehead atoms. The van der Waals surface area contributed by atoms with Gasteiger partial charge in [-0.1, -0.05) is 62.5 Å². The van der Waals surface area contributed by atoms with Crippen LogP contribution < -0.4 is 16.0 Å². The number of rotatable bonds is 12. The number of Topliss-reactive ketones (excluding diaryl/α,β-unsaturated/α-hetero) is 1. The van der Waals surface area contributed by atoms with Gasteiger partial charge in [-0.25, -0.2) is 0 Å². The van der Waals surface area contributed by atoms with Gasteiger partial charge in [0.05, 0.1) is 30.3 Å². The fourth-order valence-electron chi connectivity index (χ4n) is 5.91. The summed E-state index contributed by atoms with van der Waals surface area (Å²) in [5, 5.41) is 12.9. The van der Waals surface area contributed by atoms with Gasteiger partial charge >= 0.3 is 0 Å². The van der Waals surface area contributed by atoms with E-state index in [0.717, 1.165) is 18.4 Å². The summed E-state index contributed by atoms with van der Waals surface area (Å²) < 4.78 is 5.41. The van der Waals surface area contributed by atoms with Gasteiger partial charge in [-0.3, -0.25) is 24.0 Å². The summed E-state index contributed by atoms with van der Waals surface area (Å²) in [6.45, 7) is 9.06. The second kappa shape index (κ2) is 13.7. The van der Waals surface area contributed by atoms with E-state index in [-0.39, 0.29) is 31.2 Å². The Hall–Kier alpha value is -3.51.